The molecule has 0 aromatic heterocycles. The first-order valence-corrected chi connectivity index (χ1v) is 8.00. The van der Waals surface area contributed by atoms with E-state index in [1.807, 2.05) is 0 Å². The summed E-state index contributed by atoms with van der Waals surface area (Å²) in [6.07, 6.45) is 0. The lowest BCUT2D eigenvalue weighted by Gasteiger charge is -2.15. The molecule has 0 aliphatic rings. The zero-order valence-corrected chi connectivity index (χ0v) is 15.3. The summed E-state index contributed by atoms with van der Waals surface area (Å²) in [5.74, 6) is -0.398. The lowest BCUT2D eigenvalue weighted by molar-refractivity contribution is -0.138. The molecule has 2 rings (SSSR count). The van der Waals surface area contributed by atoms with E-state index in [1.165, 1.54) is 21.3 Å². The van der Waals surface area contributed by atoms with Crippen molar-refractivity contribution in [1.29, 1.82) is 0 Å². The van der Waals surface area contributed by atoms with Crippen LogP contribution < -0.4 is 15.4 Å². The molecular formula is C18H19ClN2O5. The minimum absolute atomic E-state index is 0.0558. The highest BCUT2D eigenvalue weighted by Gasteiger charge is 2.12. The molecule has 0 aliphatic carbocycles. The van der Waals surface area contributed by atoms with Crippen LogP contribution in [0.15, 0.2) is 36.4 Å². The quantitative estimate of drug-likeness (QED) is 0.713. The molecule has 8 heteroatoms. The fourth-order valence-corrected chi connectivity index (χ4v) is 2.37. The second-order valence-electron chi connectivity index (χ2n) is 5.16. The number of nitrogens with one attached hydrogen (secondary N) is 2. The van der Waals surface area contributed by atoms with Gasteiger partial charge in [0, 0.05) is 11.8 Å². The third kappa shape index (κ3) is 4.80. The predicted molar refractivity (Wildman–Crippen MR) is 99.6 cm³/mol. The van der Waals surface area contributed by atoms with Crippen LogP contribution in [0.5, 0.6) is 5.75 Å². The third-order valence-electron chi connectivity index (χ3n) is 3.52. The Morgan fingerprint density at radius 1 is 1.00 bits per heavy atom. The molecule has 26 heavy (non-hydrogen) atoms. The van der Waals surface area contributed by atoms with E-state index in [1.54, 1.807) is 36.4 Å². The molecule has 0 spiro atoms. The summed E-state index contributed by atoms with van der Waals surface area (Å²) in [4.78, 5) is 23.2. The van der Waals surface area contributed by atoms with E-state index in [0.29, 0.717) is 27.7 Å². The predicted octanol–water partition coefficient (Wildman–Crippen LogP) is 3.46. The Bertz CT molecular complexity index is 810. The molecule has 7 nitrogen and oxygen atoms in total. The summed E-state index contributed by atoms with van der Waals surface area (Å²) in [7, 11) is 4.13. The number of carbonyl (C=O) groups is 2. The van der Waals surface area contributed by atoms with Gasteiger partial charge in [-0.15, -0.1) is 0 Å². The van der Waals surface area contributed by atoms with Gasteiger partial charge in [0.15, 0.2) is 0 Å². The van der Waals surface area contributed by atoms with Crippen LogP contribution in [0.3, 0.4) is 0 Å². The number of esters is 2. The van der Waals surface area contributed by atoms with E-state index in [4.69, 9.17) is 21.1 Å². The van der Waals surface area contributed by atoms with E-state index >= 15 is 0 Å². The first-order chi connectivity index (χ1) is 12.5. The smallest absolute Gasteiger partial charge is 0.337 e. The largest absolute Gasteiger partial charge is 0.495 e. The summed E-state index contributed by atoms with van der Waals surface area (Å²) in [5, 5.41) is 6.63. The number of carbonyl (C=O) groups excluding carboxylic acids is 2. The van der Waals surface area contributed by atoms with Gasteiger partial charge < -0.3 is 24.8 Å². The van der Waals surface area contributed by atoms with Crippen molar-refractivity contribution in [3.8, 4) is 5.75 Å². The lowest BCUT2D eigenvalue weighted by Crippen LogP contribution is -2.16. The van der Waals surface area contributed by atoms with Crippen molar-refractivity contribution in [3.63, 3.8) is 0 Å². The Labute approximate surface area is 156 Å². The number of halogens is 1. The second-order valence-corrected chi connectivity index (χ2v) is 5.56. The van der Waals surface area contributed by atoms with Gasteiger partial charge in [0.2, 0.25) is 0 Å². The number of hydrogen-bond acceptors (Lipinski definition) is 7. The summed E-state index contributed by atoms with van der Waals surface area (Å²) in [5.41, 5.74) is 2.25. The van der Waals surface area contributed by atoms with Crippen LogP contribution >= 0.6 is 11.6 Å². The topological polar surface area (TPSA) is 85.9 Å². The number of anilines is 3. The molecule has 138 valence electrons. The molecule has 2 aromatic rings. The van der Waals surface area contributed by atoms with Crippen molar-refractivity contribution in [1.82, 2.24) is 0 Å². The van der Waals surface area contributed by atoms with Crippen LogP contribution in [0.2, 0.25) is 5.02 Å². The molecule has 0 heterocycles. The average Bonchev–Trinajstić information content (AvgIpc) is 2.67. The summed E-state index contributed by atoms with van der Waals surface area (Å²) < 4.78 is 14.6. The highest BCUT2D eigenvalue weighted by molar-refractivity contribution is 6.32. The monoisotopic (exact) mass is 378 g/mol. The van der Waals surface area contributed by atoms with Crippen molar-refractivity contribution in [2.24, 2.45) is 0 Å². The van der Waals surface area contributed by atoms with E-state index in [0.717, 1.165) is 5.69 Å². The fourth-order valence-electron chi connectivity index (χ4n) is 2.18. The van der Waals surface area contributed by atoms with Crippen LogP contribution in [0.1, 0.15) is 10.4 Å². The Hall–Kier alpha value is -2.93. The van der Waals surface area contributed by atoms with Gasteiger partial charge in [-0.25, -0.2) is 4.79 Å². The summed E-state index contributed by atoms with van der Waals surface area (Å²) in [6.45, 7) is -0.0558. The van der Waals surface area contributed by atoms with E-state index in [9.17, 15) is 9.59 Å². The molecule has 0 saturated carbocycles. The molecule has 2 N–H and O–H groups in total. The van der Waals surface area contributed by atoms with Crippen molar-refractivity contribution in [3.05, 3.63) is 47.0 Å². The maximum absolute atomic E-state index is 11.8. The molecule has 0 bridgehead atoms. The Kier molecular flexibility index (Phi) is 6.68. The zero-order valence-electron chi connectivity index (χ0n) is 14.6. The molecule has 0 atom stereocenters. The first-order valence-electron chi connectivity index (χ1n) is 7.62. The molecule has 0 aliphatic heterocycles. The fraction of sp³-hybridized carbons (Fsp3) is 0.222. The zero-order chi connectivity index (χ0) is 19.1. The minimum atomic E-state index is -0.481. The Balaban J connectivity index is 2.33. The van der Waals surface area contributed by atoms with Crippen LogP contribution in [0, 0.1) is 0 Å². The lowest BCUT2D eigenvalue weighted by atomic mass is 10.1. The van der Waals surface area contributed by atoms with Crippen LogP contribution in [-0.4, -0.2) is 39.8 Å². The van der Waals surface area contributed by atoms with Crippen LogP contribution in [0.4, 0.5) is 17.1 Å². The molecule has 0 fully saturated rings. The van der Waals surface area contributed by atoms with Crippen LogP contribution in [-0.2, 0) is 14.3 Å². The van der Waals surface area contributed by atoms with Gasteiger partial charge in [-0.2, -0.15) is 0 Å². The Morgan fingerprint density at radius 2 is 1.77 bits per heavy atom. The van der Waals surface area contributed by atoms with E-state index in [2.05, 4.69) is 15.4 Å². The maximum Gasteiger partial charge on any atom is 0.337 e. The first kappa shape index (κ1) is 19.4. The maximum atomic E-state index is 11.8. The molecular weight excluding hydrogens is 360 g/mol. The van der Waals surface area contributed by atoms with Gasteiger partial charge in [0.05, 0.1) is 43.3 Å². The Morgan fingerprint density at radius 3 is 2.42 bits per heavy atom. The van der Waals surface area contributed by atoms with Gasteiger partial charge in [0.25, 0.3) is 0 Å². The summed E-state index contributed by atoms with van der Waals surface area (Å²) in [6, 6.07) is 10.1. The van der Waals surface area contributed by atoms with Gasteiger partial charge in [-0.3, -0.25) is 4.79 Å². The number of methoxy groups -OCH3 is 3. The standard InChI is InChI=1S/C18H19ClN2O5/c1-24-16-9-12(5-6-13(16)19)21-14-7-4-11(18(23)26-3)8-15(14)20-10-17(22)25-2/h4-9,20-21H,10H2,1-3H3. The average molecular weight is 379 g/mol. The summed E-state index contributed by atoms with van der Waals surface area (Å²) >= 11 is 6.03. The molecule has 0 radical (unpaired) electrons. The van der Waals surface area contributed by atoms with Crippen molar-refractivity contribution >= 4 is 40.6 Å². The number of benzene rings is 2. The van der Waals surface area contributed by atoms with Gasteiger partial charge >= 0.3 is 11.9 Å². The SMILES string of the molecule is COC(=O)CNc1cc(C(=O)OC)ccc1Nc1ccc(Cl)c(OC)c1. The van der Waals surface area contributed by atoms with Crippen molar-refractivity contribution in [2.45, 2.75) is 0 Å². The molecule has 0 saturated heterocycles. The minimum Gasteiger partial charge on any atom is -0.495 e. The van der Waals surface area contributed by atoms with Gasteiger partial charge in [0.1, 0.15) is 12.3 Å². The van der Waals surface area contributed by atoms with Crippen LogP contribution in [0.25, 0.3) is 0 Å². The second kappa shape index (κ2) is 8.96. The third-order valence-corrected chi connectivity index (χ3v) is 3.83. The molecule has 0 unspecified atom stereocenters. The highest BCUT2D eigenvalue weighted by atomic mass is 35.5. The highest BCUT2D eigenvalue weighted by Crippen LogP contribution is 2.32. The number of rotatable bonds is 7. The van der Waals surface area contributed by atoms with Crippen molar-refractivity contribution in [2.75, 3.05) is 38.5 Å². The number of hydrogen-bond donors (Lipinski definition) is 2. The normalized spacial score (nSPS) is 10.0. The van der Waals surface area contributed by atoms with Gasteiger partial charge in [-0.1, -0.05) is 11.6 Å². The molecule has 2 aromatic carbocycles. The van der Waals surface area contributed by atoms with Crippen molar-refractivity contribution < 1.29 is 23.8 Å². The number of ether oxygens (including phenoxy) is 3. The van der Waals surface area contributed by atoms with E-state index in [-0.39, 0.29) is 6.54 Å². The molecule has 0 amide bonds. The van der Waals surface area contributed by atoms with Gasteiger partial charge in [-0.05, 0) is 30.3 Å². The van der Waals surface area contributed by atoms with E-state index < -0.39 is 11.9 Å².